The monoisotopic (exact) mass is 345 g/mol. The number of hydrogen-bond donors (Lipinski definition) is 0. The number of ketones is 1. The van der Waals surface area contributed by atoms with Gasteiger partial charge in [0.15, 0.2) is 5.78 Å². The van der Waals surface area contributed by atoms with Gasteiger partial charge in [-0.3, -0.25) is 9.78 Å². The summed E-state index contributed by atoms with van der Waals surface area (Å²) in [7, 11) is 0. The predicted octanol–water partition coefficient (Wildman–Crippen LogP) is 4.88. The highest BCUT2D eigenvalue weighted by Crippen LogP contribution is 2.26. The summed E-state index contributed by atoms with van der Waals surface area (Å²) in [6.45, 7) is 0. The topological polar surface area (TPSA) is 30.0 Å². The van der Waals surface area contributed by atoms with E-state index in [2.05, 4.69) is 20.9 Å². The zero-order valence-electron chi connectivity index (χ0n) is 10.3. The van der Waals surface area contributed by atoms with Crippen LogP contribution in [0.25, 0.3) is 10.9 Å². The summed E-state index contributed by atoms with van der Waals surface area (Å²) < 4.78 is 0.818. The first-order valence-electron chi connectivity index (χ1n) is 6.00. The van der Waals surface area contributed by atoms with Gasteiger partial charge >= 0.3 is 0 Å². The molecule has 0 aliphatic carbocycles. The molecule has 98 valence electrons. The molecule has 1 aromatic heterocycles. The Labute approximate surface area is 129 Å². The summed E-state index contributed by atoms with van der Waals surface area (Å²) in [5.74, 6) is -0.124. The largest absolute Gasteiger partial charge is 0.288 e. The number of carbonyl (C=O) groups is 1. The molecule has 20 heavy (non-hydrogen) atoms. The molecule has 0 aliphatic heterocycles. The third-order valence-electron chi connectivity index (χ3n) is 3.05. The van der Waals surface area contributed by atoms with Crippen LogP contribution in [-0.4, -0.2) is 10.8 Å². The van der Waals surface area contributed by atoms with Gasteiger partial charge in [0.1, 0.15) is 0 Å². The molecule has 0 amide bonds. The van der Waals surface area contributed by atoms with E-state index in [9.17, 15) is 4.79 Å². The lowest BCUT2D eigenvalue weighted by atomic mass is 10.0. The van der Waals surface area contributed by atoms with E-state index in [-0.39, 0.29) is 5.78 Å². The van der Waals surface area contributed by atoms with E-state index in [1.54, 1.807) is 30.5 Å². The van der Waals surface area contributed by atoms with Crippen molar-refractivity contribution in [1.29, 1.82) is 0 Å². The lowest BCUT2D eigenvalue weighted by Gasteiger charge is -2.07. The lowest BCUT2D eigenvalue weighted by Crippen LogP contribution is -2.04. The Morgan fingerprint density at radius 2 is 1.85 bits per heavy atom. The highest BCUT2D eigenvalue weighted by molar-refractivity contribution is 9.10. The van der Waals surface area contributed by atoms with E-state index < -0.39 is 0 Å². The van der Waals surface area contributed by atoms with E-state index in [0.717, 1.165) is 9.86 Å². The van der Waals surface area contributed by atoms with Crippen LogP contribution < -0.4 is 0 Å². The van der Waals surface area contributed by atoms with Gasteiger partial charge in [0.25, 0.3) is 0 Å². The first-order valence-corrected chi connectivity index (χ1v) is 7.17. The van der Waals surface area contributed by atoms with Crippen LogP contribution in [0.3, 0.4) is 0 Å². The Morgan fingerprint density at radius 1 is 1.05 bits per heavy atom. The van der Waals surface area contributed by atoms with Gasteiger partial charge in [0.05, 0.1) is 10.5 Å². The molecule has 2 aromatic carbocycles. The fourth-order valence-electron chi connectivity index (χ4n) is 2.10. The standard InChI is InChI=1S/C16H9BrClNO/c17-11-6-7-14(18)13(9-11)16(20)12-5-1-3-10-4-2-8-19-15(10)12/h1-9H. The number of halogens is 2. The van der Waals surface area contributed by atoms with Gasteiger partial charge in [0.2, 0.25) is 0 Å². The van der Waals surface area contributed by atoms with Crippen LogP contribution in [0, 0.1) is 0 Å². The fourth-order valence-corrected chi connectivity index (χ4v) is 2.67. The van der Waals surface area contributed by atoms with E-state index in [1.165, 1.54) is 0 Å². The number of pyridine rings is 1. The lowest BCUT2D eigenvalue weighted by molar-refractivity contribution is 0.104. The normalized spacial score (nSPS) is 10.7. The van der Waals surface area contributed by atoms with Crippen molar-refractivity contribution in [3.05, 3.63) is 75.4 Å². The van der Waals surface area contributed by atoms with Gasteiger partial charge in [-0.2, -0.15) is 0 Å². The van der Waals surface area contributed by atoms with Crippen LogP contribution in [0.2, 0.25) is 5.02 Å². The molecule has 3 rings (SSSR count). The van der Waals surface area contributed by atoms with Gasteiger partial charge in [-0.1, -0.05) is 45.7 Å². The second kappa shape index (κ2) is 5.35. The summed E-state index contributed by atoms with van der Waals surface area (Å²) in [4.78, 5) is 17.0. The molecule has 1 heterocycles. The number of aromatic nitrogens is 1. The highest BCUT2D eigenvalue weighted by Gasteiger charge is 2.16. The highest BCUT2D eigenvalue weighted by atomic mass is 79.9. The maximum Gasteiger partial charge on any atom is 0.196 e. The maximum atomic E-state index is 12.7. The van der Waals surface area contributed by atoms with Crippen molar-refractivity contribution >= 4 is 44.2 Å². The molecule has 0 fully saturated rings. The minimum atomic E-state index is -0.124. The van der Waals surface area contributed by atoms with Gasteiger partial charge in [0, 0.05) is 27.2 Å². The smallest absolute Gasteiger partial charge is 0.196 e. The molecule has 0 saturated carbocycles. The number of fused-ring (bicyclic) bond motifs is 1. The van der Waals surface area contributed by atoms with Gasteiger partial charge in [-0.15, -0.1) is 0 Å². The van der Waals surface area contributed by atoms with Crippen LogP contribution in [0.5, 0.6) is 0 Å². The van der Waals surface area contributed by atoms with E-state index in [4.69, 9.17) is 11.6 Å². The summed E-state index contributed by atoms with van der Waals surface area (Å²) in [5, 5.41) is 1.37. The van der Waals surface area contributed by atoms with Crippen molar-refractivity contribution in [3.63, 3.8) is 0 Å². The second-order valence-electron chi connectivity index (χ2n) is 4.33. The number of nitrogens with zero attached hydrogens (tertiary/aromatic N) is 1. The molecule has 3 aromatic rings. The van der Waals surface area contributed by atoms with Crippen LogP contribution in [0.4, 0.5) is 0 Å². The van der Waals surface area contributed by atoms with Gasteiger partial charge in [-0.25, -0.2) is 0 Å². The number of para-hydroxylation sites is 1. The number of rotatable bonds is 2. The quantitative estimate of drug-likeness (QED) is 0.619. The fraction of sp³-hybridized carbons (Fsp3) is 0. The first-order chi connectivity index (χ1) is 9.66. The molecular formula is C16H9BrClNO. The molecule has 0 radical (unpaired) electrons. The molecule has 0 atom stereocenters. The molecule has 0 N–H and O–H groups in total. The third kappa shape index (κ3) is 2.35. The Balaban J connectivity index is 2.20. The Morgan fingerprint density at radius 3 is 2.70 bits per heavy atom. The zero-order valence-corrected chi connectivity index (χ0v) is 12.6. The molecule has 0 bridgehead atoms. The maximum absolute atomic E-state index is 12.7. The molecule has 0 spiro atoms. The average Bonchev–Trinajstić information content (AvgIpc) is 2.48. The predicted molar refractivity (Wildman–Crippen MR) is 84.3 cm³/mol. The summed E-state index contributed by atoms with van der Waals surface area (Å²) in [5.41, 5.74) is 1.72. The Hall–Kier alpha value is -1.71. The zero-order chi connectivity index (χ0) is 14.1. The number of carbonyl (C=O) groups excluding carboxylic acids is 1. The molecule has 2 nitrogen and oxygen atoms in total. The van der Waals surface area contributed by atoms with E-state index in [0.29, 0.717) is 21.7 Å². The molecule has 0 aliphatic rings. The minimum absolute atomic E-state index is 0.124. The van der Waals surface area contributed by atoms with Crippen molar-refractivity contribution in [1.82, 2.24) is 4.98 Å². The van der Waals surface area contributed by atoms with Crippen molar-refractivity contribution in [3.8, 4) is 0 Å². The van der Waals surface area contributed by atoms with Crippen LogP contribution >= 0.6 is 27.5 Å². The molecule has 0 saturated heterocycles. The first kappa shape index (κ1) is 13.3. The van der Waals surface area contributed by atoms with E-state index in [1.807, 2.05) is 24.3 Å². The summed E-state index contributed by atoms with van der Waals surface area (Å²) in [6, 6.07) is 14.6. The third-order valence-corrected chi connectivity index (χ3v) is 3.87. The minimum Gasteiger partial charge on any atom is -0.288 e. The number of benzene rings is 2. The van der Waals surface area contributed by atoms with Crippen molar-refractivity contribution in [2.24, 2.45) is 0 Å². The van der Waals surface area contributed by atoms with Crippen molar-refractivity contribution < 1.29 is 4.79 Å². The van der Waals surface area contributed by atoms with E-state index >= 15 is 0 Å². The molecule has 4 heteroatoms. The number of hydrogen-bond acceptors (Lipinski definition) is 2. The second-order valence-corrected chi connectivity index (χ2v) is 5.66. The van der Waals surface area contributed by atoms with Crippen molar-refractivity contribution in [2.75, 3.05) is 0 Å². The SMILES string of the molecule is O=C(c1cc(Br)ccc1Cl)c1cccc2cccnc12. The Kier molecular flexibility index (Phi) is 3.55. The molecular weight excluding hydrogens is 338 g/mol. The van der Waals surface area contributed by atoms with Gasteiger partial charge < -0.3 is 0 Å². The van der Waals surface area contributed by atoms with Crippen LogP contribution in [0.15, 0.2) is 59.2 Å². The van der Waals surface area contributed by atoms with Crippen LogP contribution in [-0.2, 0) is 0 Å². The van der Waals surface area contributed by atoms with Crippen LogP contribution in [0.1, 0.15) is 15.9 Å². The Bertz CT molecular complexity index is 811. The molecule has 0 unspecified atom stereocenters. The average molecular weight is 347 g/mol. The summed E-state index contributed by atoms with van der Waals surface area (Å²) in [6.07, 6.45) is 1.68. The summed E-state index contributed by atoms with van der Waals surface area (Å²) >= 11 is 9.49. The van der Waals surface area contributed by atoms with Crippen molar-refractivity contribution in [2.45, 2.75) is 0 Å². The van der Waals surface area contributed by atoms with Gasteiger partial charge in [-0.05, 0) is 30.3 Å².